The molecule has 44 heavy (non-hydrogen) atoms. The van der Waals surface area contributed by atoms with Crippen molar-refractivity contribution in [2.45, 2.75) is 61.5 Å². The van der Waals surface area contributed by atoms with Crippen molar-refractivity contribution in [1.82, 2.24) is 8.61 Å². The largest absolute Gasteiger partial charge is 0.299 e. The Labute approximate surface area is 260 Å². The Hall–Kier alpha value is -3.63. The van der Waals surface area contributed by atoms with E-state index in [1.807, 2.05) is 75.4 Å². The topological polar surface area (TPSA) is 91.8 Å². The number of ketones is 1. The van der Waals surface area contributed by atoms with Gasteiger partial charge in [0, 0.05) is 24.9 Å². The maximum Gasteiger partial charge on any atom is 0.243 e. The van der Waals surface area contributed by atoms with Crippen molar-refractivity contribution in [3.63, 3.8) is 0 Å². The van der Waals surface area contributed by atoms with Gasteiger partial charge < -0.3 is 0 Å². The van der Waals surface area contributed by atoms with Gasteiger partial charge in [0.1, 0.15) is 5.78 Å². The van der Waals surface area contributed by atoms with E-state index in [9.17, 15) is 21.6 Å². The lowest BCUT2D eigenvalue weighted by atomic mass is 9.77. The molecule has 4 atom stereocenters. The average molecular weight is 629 g/mol. The molecule has 0 radical (unpaired) electrons. The van der Waals surface area contributed by atoms with Crippen LogP contribution < -0.4 is 0 Å². The molecule has 0 spiro atoms. The van der Waals surface area contributed by atoms with Gasteiger partial charge in [-0.3, -0.25) is 4.79 Å². The molecule has 4 aromatic carbocycles. The molecule has 2 fully saturated rings. The summed E-state index contributed by atoms with van der Waals surface area (Å²) in [4.78, 5) is 14.3. The summed E-state index contributed by atoms with van der Waals surface area (Å²) in [5, 5.41) is 0. The van der Waals surface area contributed by atoms with Crippen LogP contribution in [0.2, 0.25) is 0 Å². The van der Waals surface area contributed by atoms with Gasteiger partial charge in [-0.1, -0.05) is 90.0 Å². The molecule has 0 aliphatic carbocycles. The summed E-state index contributed by atoms with van der Waals surface area (Å²) >= 11 is 0. The summed E-state index contributed by atoms with van der Waals surface area (Å²) < 4.78 is 60.6. The predicted octanol–water partition coefficient (Wildman–Crippen LogP) is 6.14. The van der Waals surface area contributed by atoms with Crippen LogP contribution in [-0.4, -0.2) is 43.8 Å². The standard InChI is InChI=1S/C35H36N2O5S2/c1-24-13-17-28(18-14-24)43(39,40)36-23-31-33(21-32(36)27-10-5-4-6-11-27)37(44(41,42)29-19-15-25(2)16-20-29)34(22-35(31)38)30-12-8-7-9-26(30)3/h4-20,31-34H,21-23H2,1-3H3/t31-,32?,33?,34?/m1/s1. The van der Waals surface area contributed by atoms with Gasteiger partial charge in [-0.05, 0) is 68.1 Å². The molecule has 2 aliphatic rings. The number of Topliss-reactive ketones (excluding diaryl/α,β-unsaturated/α-hetero) is 1. The highest BCUT2D eigenvalue weighted by Gasteiger charge is 2.54. The smallest absolute Gasteiger partial charge is 0.243 e. The van der Waals surface area contributed by atoms with Crippen molar-refractivity contribution >= 4 is 25.8 Å². The Balaban J connectivity index is 1.51. The summed E-state index contributed by atoms with van der Waals surface area (Å²) in [6, 6.07) is 28.2. The highest BCUT2D eigenvalue weighted by molar-refractivity contribution is 7.89. The number of carbonyl (C=O) groups excluding carboxylic acids is 1. The molecule has 9 heteroatoms. The fraction of sp³-hybridized carbons (Fsp3) is 0.286. The first-order valence-corrected chi connectivity index (χ1v) is 17.7. The van der Waals surface area contributed by atoms with Crippen LogP contribution >= 0.6 is 0 Å². The van der Waals surface area contributed by atoms with E-state index in [4.69, 9.17) is 0 Å². The molecular weight excluding hydrogens is 593 g/mol. The fourth-order valence-corrected chi connectivity index (χ4v) is 10.2. The van der Waals surface area contributed by atoms with Crippen molar-refractivity contribution in [1.29, 1.82) is 0 Å². The summed E-state index contributed by atoms with van der Waals surface area (Å²) in [6.07, 6.45) is 0.102. The zero-order valence-corrected chi connectivity index (χ0v) is 26.6. The molecule has 3 unspecified atom stereocenters. The number of rotatable bonds is 6. The average Bonchev–Trinajstić information content (AvgIpc) is 3.01. The van der Waals surface area contributed by atoms with E-state index in [-0.39, 0.29) is 35.0 Å². The summed E-state index contributed by atoms with van der Waals surface area (Å²) in [5.41, 5.74) is 4.29. The zero-order valence-electron chi connectivity index (χ0n) is 25.0. The number of benzene rings is 4. The summed E-state index contributed by atoms with van der Waals surface area (Å²) in [7, 11) is -8.11. The minimum absolute atomic E-state index is 0.0362. The van der Waals surface area contributed by atoms with E-state index in [1.54, 1.807) is 48.5 Å². The maximum atomic E-state index is 14.6. The fourth-order valence-electron chi connectivity index (χ4n) is 6.69. The minimum Gasteiger partial charge on any atom is -0.299 e. The molecule has 4 aromatic rings. The van der Waals surface area contributed by atoms with Crippen molar-refractivity contribution in [2.24, 2.45) is 5.92 Å². The Morgan fingerprint density at radius 2 is 1.18 bits per heavy atom. The van der Waals surface area contributed by atoms with Crippen LogP contribution in [0, 0.1) is 26.7 Å². The maximum absolute atomic E-state index is 14.6. The van der Waals surface area contributed by atoms with Crippen LogP contribution in [0.1, 0.15) is 52.7 Å². The molecule has 7 nitrogen and oxygen atoms in total. The van der Waals surface area contributed by atoms with Crippen molar-refractivity contribution < 1.29 is 21.6 Å². The van der Waals surface area contributed by atoms with Crippen molar-refractivity contribution in [3.8, 4) is 0 Å². The Kier molecular flexibility index (Phi) is 8.09. The first kappa shape index (κ1) is 30.4. The van der Waals surface area contributed by atoms with Gasteiger partial charge >= 0.3 is 0 Å². The number of nitrogens with zero attached hydrogens (tertiary/aromatic N) is 2. The first-order chi connectivity index (χ1) is 21.0. The third-order valence-electron chi connectivity index (χ3n) is 9.05. The highest BCUT2D eigenvalue weighted by Crippen LogP contribution is 2.48. The Morgan fingerprint density at radius 1 is 0.636 bits per heavy atom. The molecule has 2 aliphatic heterocycles. The van der Waals surface area contributed by atoms with E-state index in [1.165, 1.54) is 8.61 Å². The van der Waals surface area contributed by atoms with Gasteiger partial charge in [-0.15, -0.1) is 0 Å². The van der Waals surface area contributed by atoms with E-state index >= 15 is 0 Å². The third kappa shape index (κ3) is 5.43. The van der Waals surface area contributed by atoms with E-state index in [0.29, 0.717) is 0 Å². The number of hydrogen-bond acceptors (Lipinski definition) is 5. The van der Waals surface area contributed by atoms with Gasteiger partial charge in [0.25, 0.3) is 0 Å². The summed E-state index contributed by atoms with van der Waals surface area (Å²) in [5.74, 6) is -0.954. The lowest BCUT2D eigenvalue weighted by molar-refractivity contribution is -0.132. The Morgan fingerprint density at radius 3 is 1.77 bits per heavy atom. The second kappa shape index (κ2) is 11.7. The molecule has 0 aromatic heterocycles. The molecule has 0 saturated carbocycles. The van der Waals surface area contributed by atoms with Crippen molar-refractivity contribution in [2.75, 3.05) is 6.54 Å². The summed E-state index contributed by atoms with van der Waals surface area (Å²) in [6.45, 7) is 5.60. The van der Waals surface area contributed by atoms with Gasteiger partial charge in [0.05, 0.1) is 21.9 Å². The van der Waals surface area contributed by atoms with Crippen LogP contribution in [0.4, 0.5) is 0 Å². The van der Waals surface area contributed by atoms with Gasteiger partial charge in [-0.2, -0.15) is 8.61 Å². The molecule has 0 bridgehead atoms. The third-order valence-corrected chi connectivity index (χ3v) is 12.9. The van der Waals surface area contributed by atoms with Crippen LogP contribution in [0.15, 0.2) is 113 Å². The molecular formula is C35H36N2O5S2. The number of carbonyl (C=O) groups is 1. The molecule has 0 N–H and O–H groups in total. The molecule has 228 valence electrons. The quantitative estimate of drug-likeness (QED) is 0.256. The molecule has 6 rings (SSSR count). The monoisotopic (exact) mass is 628 g/mol. The number of sulfonamides is 2. The van der Waals surface area contributed by atoms with Gasteiger partial charge in [0.15, 0.2) is 0 Å². The number of aryl methyl sites for hydroxylation is 3. The van der Waals surface area contributed by atoms with Crippen LogP contribution in [-0.2, 0) is 24.8 Å². The number of fused-ring (bicyclic) bond motifs is 1. The first-order valence-electron chi connectivity index (χ1n) is 14.8. The second-order valence-corrected chi connectivity index (χ2v) is 15.6. The SMILES string of the molecule is Cc1ccc(S(=O)(=O)N2C[C@H]3C(=O)CC(c4ccccc4C)N(S(=O)(=O)c4ccc(C)cc4)C3CC2c2ccccc2)cc1. The van der Waals surface area contributed by atoms with Crippen molar-refractivity contribution in [3.05, 3.63) is 131 Å². The second-order valence-electron chi connectivity index (χ2n) is 11.9. The van der Waals surface area contributed by atoms with E-state index < -0.39 is 44.1 Å². The van der Waals surface area contributed by atoms with E-state index in [0.717, 1.165) is 27.8 Å². The molecule has 2 heterocycles. The van der Waals surface area contributed by atoms with E-state index in [2.05, 4.69) is 0 Å². The van der Waals surface area contributed by atoms with Crippen LogP contribution in [0.3, 0.4) is 0 Å². The highest BCUT2D eigenvalue weighted by atomic mass is 32.2. The number of piperidine rings is 2. The molecule has 0 amide bonds. The van der Waals surface area contributed by atoms with Gasteiger partial charge in [0.2, 0.25) is 20.0 Å². The predicted molar refractivity (Wildman–Crippen MR) is 170 cm³/mol. The lowest BCUT2D eigenvalue weighted by Crippen LogP contribution is -2.61. The zero-order chi connectivity index (χ0) is 31.2. The normalized spacial score (nSPS) is 23.3. The van der Waals surface area contributed by atoms with Crippen LogP contribution in [0.5, 0.6) is 0 Å². The Bertz CT molecular complexity index is 1890. The number of hydrogen-bond donors (Lipinski definition) is 0. The minimum atomic E-state index is -4.09. The lowest BCUT2D eigenvalue weighted by Gasteiger charge is -2.51. The van der Waals surface area contributed by atoms with Gasteiger partial charge in [-0.25, -0.2) is 16.8 Å². The molecule has 2 saturated heterocycles. The van der Waals surface area contributed by atoms with Crippen LogP contribution in [0.25, 0.3) is 0 Å².